The normalized spacial score (nSPS) is 20.1. The van der Waals surface area contributed by atoms with E-state index in [0.717, 1.165) is 12.8 Å². The number of hydrogen-bond donors (Lipinski definition) is 1. The molecule has 2 fully saturated rings. The topological polar surface area (TPSA) is 55.8 Å². The Bertz CT molecular complexity index is 547. The first-order chi connectivity index (χ1) is 9.56. The average Bonchev–Trinajstić information content (AvgIpc) is 3.16. The lowest BCUT2D eigenvalue weighted by Crippen LogP contribution is -2.25. The van der Waals surface area contributed by atoms with Gasteiger partial charge in [-0.3, -0.25) is 4.79 Å². The van der Waals surface area contributed by atoms with Gasteiger partial charge in [0.15, 0.2) is 11.5 Å². The largest absolute Gasteiger partial charge is 0.493 e. The van der Waals surface area contributed by atoms with E-state index in [9.17, 15) is 9.90 Å². The van der Waals surface area contributed by atoms with Gasteiger partial charge in [0, 0.05) is 11.1 Å². The van der Waals surface area contributed by atoms with Crippen molar-refractivity contribution in [1.82, 2.24) is 0 Å². The van der Waals surface area contributed by atoms with Crippen molar-refractivity contribution in [3.63, 3.8) is 0 Å². The summed E-state index contributed by atoms with van der Waals surface area (Å²) in [7, 11) is 1.56. The lowest BCUT2D eigenvalue weighted by Gasteiger charge is -2.28. The van der Waals surface area contributed by atoms with Crippen LogP contribution in [0.5, 0.6) is 11.5 Å². The first-order valence-electron chi connectivity index (χ1n) is 6.85. The molecule has 2 saturated carbocycles. The molecule has 2 aliphatic carbocycles. The van der Waals surface area contributed by atoms with Gasteiger partial charge >= 0.3 is 5.97 Å². The van der Waals surface area contributed by atoms with Gasteiger partial charge in [0.1, 0.15) is 0 Å². The van der Waals surface area contributed by atoms with Gasteiger partial charge in [-0.2, -0.15) is 0 Å². The zero-order valence-corrected chi connectivity index (χ0v) is 12.1. The van der Waals surface area contributed by atoms with Crippen molar-refractivity contribution in [1.29, 1.82) is 0 Å². The maximum atomic E-state index is 11.5. The zero-order valence-electron chi connectivity index (χ0n) is 11.3. The number of ether oxygens (including phenoxy) is 2. The highest BCUT2D eigenvalue weighted by molar-refractivity contribution is 6.32. The Morgan fingerprint density at radius 1 is 1.35 bits per heavy atom. The molecular weight excluding hydrogens is 280 g/mol. The number of carboxylic acid groups (broad SMARTS) is 1. The summed E-state index contributed by atoms with van der Waals surface area (Å²) in [6.07, 6.45) is 4.69. The van der Waals surface area contributed by atoms with Crippen molar-refractivity contribution >= 4 is 17.6 Å². The van der Waals surface area contributed by atoms with Crippen molar-refractivity contribution in [2.45, 2.75) is 43.6 Å². The van der Waals surface area contributed by atoms with Gasteiger partial charge in [-0.15, -0.1) is 0 Å². The number of carboxylic acids is 1. The van der Waals surface area contributed by atoms with Gasteiger partial charge < -0.3 is 14.6 Å². The molecule has 108 valence electrons. The number of aliphatic carboxylic acids is 1. The maximum Gasteiger partial charge on any atom is 0.314 e. The van der Waals surface area contributed by atoms with Gasteiger partial charge in [-0.25, -0.2) is 0 Å². The molecule has 1 aromatic carbocycles. The van der Waals surface area contributed by atoms with Crippen LogP contribution in [0, 0.1) is 0 Å². The van der Waals surface area contributed by atoms with Crippen molar-refractivity contribution in [2.75, 3.05) is 7.11 Å². The van der Waals surface area contributed by atoms with Crippen LogP contribution in [-0.2, 0) is 10.2 Å². The second-order valence-electron chi connectivity index (χ2n) is 5.54. The fourth-order valence-electron chi connectivity index (χ4n) is 2.55. The molecule has 0 atom stereocenters. The molecule has 0 unspecified atom stereocenters. The number of methoxy groups -OCH3 is 1. The molecule has 0 bridgehead atoms. The minimum absolute atomic E-state index is 0.206. The Morgan fingerprint density at radius 2 is 2.05 bits per heavy atom. The highest BCUT2D eigenvalue weighted by Crippen LogP contribution is 2.53. The molecule has 0 aliphatic heterocycles. The van der Waals surface area contributed by atoms with E-state index in [1.54, 1.807) is 19.2 Å². The molecule has 1 N–H and O–H groups in total. The monoisotopic (exact) mass is 296 g/mol. The van der Waals surface area contributed by atoms with Crippen LogP contribution in [0.3, 0.4) is 0 Å². The highest BCUT2D eigenvalue weighted by Gasteiger charge is 2.53. The van der Waals surface area contributed by atoms with Crippen LogP contribution in [0.15, 0.2) is 12.1 Å². The number of benzene rings is 1. The molecule has 0 spiro atoms. The lowest BCUT2D eigenvalue weighted by molar-refractivity contribution is -0.140. The Balaban J connectivity index is 1.98. The SMILES string of the molecule is COc1cc(Cl)c(C2(C(=O)O)CC2)cc1OC1CCC1. The van der Waals surface area contributed by atoms with Crippen LogP contribution in [0.2, 0.25) is 5.02 Å². The Labute approximate surface area is 122 Å². The third kappa shape index (κ3) is 2.12. The minimum atomic E-state index is -0.832. The third-order valence-electron chi connectivity index (χ3n) is 4.27. The van der Waals surface area contributed by atoms with E-state index in [-0.39, 0.29) is 6.10 Å². The molecule has 0 amide bonds. The summed E-state index contributed by atoms with van der Waals surface area (Å²) >= 11 is 6.23. The number of hydrogen-bond acceptors (Lipinski definition) is 3. The van der Waals surface area contributed by atoms with Crippen LogP contribution in [0.1, 0.15) is 37.7 Å². The van der Waals surface area contributed by atoms with Gasteiger partial charge in [0.2, 0.25) is 0 Å². The van der Waals surface area contributed by atoms with E-state index in [1.807, 2.05) is 0 Å². The van der Waals surface area contributed by atoms with Crippen LogP contribution in [0.4, 0.5) is 0 Å². The van der Waals surface area contributed by atoms with E-state index in [2.05, 4.69) is 0 Å². The molecule has 0 radical (unpaired) electrons. The molecule has 0 heterocycles. The van der Waals surface area contributed by atoms with E-state index in [1.165, 1.54) is 6.42 Å². The summed E-state index contributed by atoms with van der Waals surface area (Å²) in [6.45, 7) is 0. The molecule has 0 saturated heterocycles. The average molecular weight is 297 g/mol. The molecule has 5 heteroatoms. The quantitative estimate of drug-likeness (QED) is 0.905. The Morgan fingerprint density at radius 3 is 2.50 bits per heavy atom. The summed E-state index contributed by atoms with van der Waals surface area (Å²) < 4.78 is 11.2. The number of rotatable bonds is 5. The van der Waals surface area contributed by atoms with E-state index in [0.29, 0.717) is 34.9 Å². The molecule has 20 heavy (non-hydrogen) atoms. The van der Waals surface area contributed by atoms with E-state index < -0.39 is 11.4 Å². The third-order valence-corrected chi connectivity index (χ3v) is 4.59. The summed E-state index contributed by atoms with van der Waals surface area (Å²) in [5.41, 5.74) is -0.192. The molecule has 0 aromatic heterocycles. The summed E-state index contributed by atoms with van der Waals surface area (Å²) in [5.74, 6) is 0.343. The second-order valence-corrected chi connectivity index (χ2v) is 5.95. The van der Waals surface area contributed by atoms with Crippen molar-refractivity contribution in [3.05, 3.63) is 22.7 Å². The van der Waals surface area contributed by atoms with E-state index in [4.69, 9.17) is 21.1 Å². The Hall–Kier alpha value is -1.42. The van der Waals surface area contributed by atoms with Gasteiger partial charge in [0.25, 0.3) is 0 Å². The van der Waals surface area contributed by atoms with E-state index >= 15 is 0 Å². The van der Waals surface area contributed by atoms with Crippen LogP contribution in [-0.4, -0.2) is 24.3 Å². The summed E-state index contributed by atoms with van der Waals surface area (Å²) in [5, 5.41) is 9.84. The molecule has 3 rings (SSSR count). The second kappa shape index (κ2) is 4.85. The summed E-state index contributed by atoms with van der Waals surface area (Å²) in [6, 6.07) is 3.41. The molecule has 4 nitrogen and oxygen atoms in total. The van der Waals surface area contributed by atoms with Gasteiger partial charge in [-0.05, 0) is 43.7 Å². The standard InChI is InChI=1S/C15H17ClO4/c1-19-12-8-11(16)10(15(5-6-15)14(17)18)7-13(12)20-9-3-2-4-9/h7-9H,2-6H2,1H3,(H,17,18). The molecule has 2 aliphatic rings. The number of halogens is 1. The predicted molar refractivity (Wildman–Crippen MR) is 74.8 cm³/mol. The zero-order chi connectivity index (χ0) is 14.3. The Kier molecular flexibility index (Phi) is 3.28. The predicted octanol–water partition coefficient (Wildman–Crippen LogP) is 3.40. The maximum absolute atomic E-state index is 11.5. The van der Waals surface area contributed by atoms with Crippen molar-refractivity contribution < 1.29 is 19.4 Å². The van der Waals surface area contributed by atoms with Crippen LogP contribution in [0.25, 0.3) is 0 Å². The lowest BCUT2D eigenvalue weighted by atomic mass is 9.94. The van der Waals surface area contributed by atoms with Gasteiger partial charge in [0.05, 0.1) is 18.6 Å². The fraction of sp³-hybridized carbons (Fsp3) is 0.533. The van der Waals surface area contributed by atoms with Gasteiger partial charge in [-0.1, -0.05) is 11.6 Å². The molecule has 1 aromatic rings. The van der Waals surface area contributed by atoms with Crippen molar-refractivity contribution in [3.8, 4) is 11.5 Å². The summed E-state index contributed by atoms with van der Waals surface area (Å²) in [4.78, 5) is 11.5. The highest BCUT2D eigenvalue weighted by atomic mass is 35.5. The number of carbonyl (C=O) groups is 1. The van der Waals surface area contributed by atoms with Crippen LogP contribution >= 0.6 is 11.6 Å². The fourth-order valence-corrected chi connectivity index (χ4v) is 2.88. The first-order valence-corrected chi connectivity index (χ1v) is 7.23. The van der Waals surface area contributed by atoms with Crippen molar-refractivity contribution in [2.24, 2.45) is 0 Å². The smallest absolute Gasteiger partial charge is 0.314 e. The molecular formula is C15H17ClO4. The van der Waals surface area contributed by atoms with Crippen LogP contribution < -0.4 is 9.47 Å². The first kappa shape index (κ1) is 13.6. The minimum Gasteiger partial charge on any atom is -0.493 e.